The Morgan fingerprint density at radius 2 is 1.87 bits per heavy atom. The number of hydrogen-bond acceptors (Lipinski definition) is 5. The minimum absolute atomic E-state index is 0.115. The topological polar surface area (TPSA) is 87.4 Å². The first-order valence-electron chi connectivity index (χ1n) is 10.2. The van der Waals surface area contributed by atoms with Crippen molar-refractivity contribution in [3.05, 3.63) is 64.8 Å². The first kappa shape index (κ1) is 19.3. The molecule has 9 heteroatoms. The molecule has 1 aliphatic heterocycles. The summed E-state index contributed by atoms with van der Waals surface area (Å²) in [6, 6.07) is 13.2. The summed E-state index contributed by atoms with van der Waals surface area (Å²) >= 11 is 0. The number of carbonyl (C=O) groups is 1. The molecule has 3 aromatic rings. The SMILES string of the molecule is O=C(NCCn1nc(-c2ccc(F)cc2)n(C2CC2)c1=O)C1COc2ccccc2O1. The predicted octanol–water partition coefficient (Wildman–Crippen LogP) is 2.14. The van der Waals surface area contributed by atoms with Crippen LogP contribution in [0.15, 0.2) is 53.3 Å². The van der Waals surface area contributed by atoms with Crippen molar-refractivity contribution in [2.24, 2.45) is 0 Å². The minimum atomic E-state index is -0.759. The second-order valence-corrected chi connectivity index (χ2v) is 7.59. The summed E-state index contributed by atoms with van der Waals surface area (Å²) in [5, 5.41) is 7.22. The van der Waals surface area contributed by atoms with E-state index in [1.165, 1.54) is 16.8 Å². The van der Waals surface area contributed by atoms with Crippen LogP contribution in [0.5, 0.6) is 11.5 Å². The van der Waals surface area contributed by atoms with Gasteiger partial charge in [-0.1, -0.05) is 12.1 Å². The van der Waals surface area contributed by atoms with Gasteiger partial charge in [-0.15, -0.1) is 5.10 Å². The maximum atomic E-state index is 13.3. The molecule has 1 fully saturated rings. The highest BCUT2D eigenvalue weighted by atomic mass is 19.1. The van der Waals surface area contributed by atoms with Gasteiger partial charge in [0.1, 0.15) is 12.4 Å². The molecule has 2 heterocycles. The number of ether oxygens (including phenoxy) is 2. The van der Waals surface area contributed by atoms with Crippen molar-refractivity contribution in [3.63, 3.8) is 0 Å². The smallest absolute Gasteiger partial charge is 0.346 e. The minimum Gasteiger partial charge on any atom is -0.485 e. The van der Waals surface area contributed by atoms with Gasteiger partial charge in [-0.3, -0.25) is 9.36 Å². The fraction of sp³-hybridized carbons (Fsp3) is 0.318. The van der Waals surface area contributed by atoms with Crippen LogP contribution in [0.25, 0.3) is 11.4 Å². The molecule has 1 aliphatic carbocycles. The fourth-order valence-corrected chi connectivity index (χ4v) is 3.57. The highest BCUT2D eigenvalue weighted by Gasteiger charge is 2.31. The Morgan fingerprint density at radius 1 is 1.13 bits per heavy atom. The van der Waals surface area contributed by atoms with Crippen molar-refractivity contribution in [1.29, 1.82) is 0 Å². The summed E-state index contributed by atoms with van der Waals surface area (Å²) in [4.78, 5) is 25.3. The van der Waals surface area contributed by atoms with E-state index in [0.717, 1.165) is 12.8 Å². The summed E-state index contributed by atoms with van der Waals surface area (Å²) in [6.45, 7) is 0.543. The van der Waals surface area contributed by atoms with Crippen LogP contribution in [-0.2, 0) is 11.3 Å². The number of fused-ring (bicyclic) bond motifs is 1. The van der Waals surface area contributed by atoms with Crippen molar-refractivity contribution in [2.75, 3.05) is 13.2 Å². The molecule has 1 N–H and O–H groups in total. The highest BCUT2D eigenvalue weighted by Crippen LogP contribution is 2.36. The Bertz CT molecular complexity index is 1170. The lowest BCUT2D eigenvalue weighted by Gasteiger charge is -2.25. The van der Waals surface area contributed by atoms with E-state index in [-0.39, 0.29) is 43.2 Å². The van der Waals surface area contributed by atoms with Crippen LogP contribution in [-0.4, -0.2) is 39.5 Å². The first-order chi connectivity index (χ1) is 15.1. The number of para-hydroxylation sites is 2. The number of hydrogen-bond donors (Lipinski definition) is 1. The molecule has 31 heavy (non-hydrogen) atoms. The molecule has 2 aliphatic rings. The van der Waals surface area contributed by atoms with Gasteiger partial charge in [0.15, 0.2) is 17.3 Å². The monoisotopic (exact) mass is 424 g/mol. The number of aromatic nitrogens is 3. The molecule has 8 nitrogen and oxygen atoms in total. The molecule has 160 valence electrons. The zero-order chi connectivity index (χ0) is 21.4. The Hall–Kier alpha value is -3.62. The highest BCUT2D eigenvalue weighted by molar-refractivity contribution is 5.81. The predicted molar refractivity (Wildman–Crippen MR) is 110 cm³/mol. The maximum Gasteiger partial charge on any atom is 0.346 e. The van der Waals surface area contributed by atoms with Gasteiger partial charge < -0.3 is 14.8 Å². The van der Waals surface area contributed by atoms with E-state index in [2.05, 4.69) is 10.4 Å². The van der Waals surface area contributed by atoms with Gasteiger partial charge in [-0.2, -0.15) is 0 Å². The number of nitrogens with zero attached hydrogens (tertiary/aromatic N) is 3. The van der Waals surface area contributed by atoms with Crippen molar-refractivity contribution in [3.8, 4) is 22.9 Å². The molecule has 2 aromatic carbocycles. The van der Waals surface area contributed by atoms with Crippen LogP contribution in [0.3, 0.4) is 0 Å². The van der Waals surface area contributed by atoms with Crippen LogP contribution in [0, 0.1) is 5.82 Å². The van der Waals surface area contributed by atoms with Gasteiger partial charge in [0.25, 0.3) is 5.91 Å². The molecule has 1 amide bonds. The zero-order valence-corrected chi connectivity index (χ0v) is 16.7. The third-order valence-corrected chi connectivity index (χ3v) is 5.31. The number of benzene rings is 2. The second-order valence-electron chi connectivity index (χ2n) is 7.59. The Kier molecular flexibility index (Phi) is 4.93. The van der Waals surface area contributed by atoms with Crippen LogP contribution >= 0.6 is 0 Å². The maximum absolute atomic E-state index is 13.3. The standard InChI is InChI=1S/C22H21FN4O4/c23-15-7-5-14(6-8-15)20-25-26(22(29)27(20)16-9-10-16)12-11-24-21(28)19-13-30-17-3-1-2-4-18(17)31-19/h1-8,16,19H,9-13H2,(H,24,28). The summed E-state index contributed by atoms with van der Waals surface area (Å²) in [5.41, 5.74) is 0.446. The molecule has 1 unspecified atom stereocenters. The number of halogens is 1. The summed E-state index contributed by atoms with van der Waals surface area (Å²) in [6.07, 6.45) is 1.07. The van der Waals surface area contributed by atoms with Gasteiger partial charge in [0, 0.05) is 18.2 Å². The Labute approximate surface area is 177 Å². The molecule has 1 aromatic heterocycles. The largest absolute Gasteiger partial charge is 0.485 e. The number of nitrogens with one attached hydrogen (secondary N) is 1. The number of amides is 1. The van der Waals surface area contributed by atoms with Crippen LogP contribution in [0.1, 0.15) is 18.9 Å². The average molecular weight is 424 g/mol. The molecule has 1 saturated carbocycles. The van der Waals surface area contributed by atoms with E-state index in [4.69, 9.17) is 9.47 Å². The third-order valence-electron chi connectivity index (χ3n) is 5.31. The molecule has 1 atom stereocenters. The number of carbonyl (C=O) groups excluding carboxylic acids is 1. The fourth-order valence-electron chi connectivity index (χ4n) is 3.57. The third kappa shape index (κ3) is 3.90. The van der Waals surface area contributed by atoms with E-state index >= 15 is 0 Å². The van der Waals surface area contributed by atoms with Gasteiger partial charge in [0.2, 0.25) is 6.10 Å². The Balaban J connectivity index is 1.26. The van der Waals surface area contributed by atoms with Crippen molar-refractivity contribution in [1.82, 2.24) is 19.7 Å². The zero-order valence-electron chi connectivity index (χ0n) is 16.7. The molecule has 0 spiro atoms. The van der Waals surface area contributed by atoms with E-state index in [1.54, 1.807) is 28.8 Å². The quantitative estimate of drug-likeness (QED) is 0.655. The van der Waals surface area contributed by atoms with Gasteiger partial charge in [-0.25, -0.2) is 13.9 Å². The van der Waals surface area contributed by atoms with Crippen molar-refractivity contribution < 1.29 is 18.7 Å². The van der Waals surface area contributed by atoms with Crippen LogP contribution in [0.2, 0.25) is 0 Å². The number of rotatable bonds is 6. The average Bonchev–Trinajstić information content (AvgIpc) is 3.57. The van der Waals surface area contributed by atoms with Crippen LogP contribution in [0.4, 0.5) is 4.39 Å². The van der Waals surface area contributed by atoms with Crippen molar-refractivity contribution >= 4 is 5.91 Å². The summed E-state index contributed by atoms with van der Waals surface area (Å²) < 4.78 is 27.5. The van der Waals surface area contributed by atoms with Gasteiger partial charge >= 0.3 is 5.69 Å². The molecule has 0 saturated heterocycles. The summed E-state index contributed by atoms with van der Waals surface area (Å²) in [7, 11) is 0. The molecular formula is C22H21FN4O4. The van der Waals surface area contributed by atoms with Crippen molar-refractivity contribution in [2.45, 2.75) is 31.5 Å². The molecule has 0 radical (unpaired) electrons. The second kappa shape index (κ2) is 7.90. The van der Waals surface area contributed by atoms with E-state index in [1.807, 2.05) is 12.1 Å². The lowest BCUT2D eigenvalue weighted by Crippen LogP contribution is -2.45. The van der Waals surface area contributed by atoms with Gasteiger partial charge in [-0.05, 0) is 49.2 Å². The summed E-state index contributed by atoms with van der Waals surface area (Å²) in [5.74, 6) is 0.986. The normalized spacial score (nSPS) is 17.4. The molecular weight excluding hydrogens is 403 g/mol. The van der Waals surface area contributed by atoms with Crippen LogP contribution < -0.4 is 20.5 Å². The molecule has 0 bridgehead atoms. The van der Waals surface area contributed by atoms with E-state index in [9.17, 15) is 14.0 Å². The lowest BCUT2D eigenvalue weighted by molar-refractivity contribution is -0.130. The lowest BCUT2D eigenvalue weighted by atomic mass is 10.2. The van der Waals surface area contributed by atoms with Gasteiger partial charge in [0.05, 0.1) is 6.54 Å². The molecule has 5 rings (SSSR count). The first-order valence-corrected chi connectivity index (χ1v) is 10.2. The van der Waals surface area contributed by atoms with E-state index in [0.29, 0.717) is 22.9 Å². The van der Waals surface area contributed by atoms with E-state index < -0.39 is 6.10 Å². The Morgan fingerprint density at radius 3 is 2.61 bits per heavy atom.